The molecular formula is C24H24Cl2N2O3. The fourth-order valence-electron chi connectivity index (χ4n) is 3.28. The predicted molar refractivity (Wildman–Crippen MR) is 125 cm³/mol. The molecule has 0 aromatic heterocycles. The first-order chi connectivity index (χ1) is 14.9. The number of carbonyl (C=O) groups is 2. The summed E-state index contributed by atoms with van der Waals surface area (Å²) < 4.78 is 5.86. The summed E-state index contributed by atoms with van der Waals surface area (Å²) >= 11 is 12.3. The van der Waals surface area contributed by atoms with Gasteiger partial charge >= 0.3 is 0 Å². The first kappa shape index (κ1) is 22.9. The number of carbonyl (C=O) groups excluding carboxylic acids is 2. The number of rotatable bonds is 8. The molecule has 3 rings (SSSR count). The number of likely N-dealkylation sites (N-methyl/N-ethyl adjacent to an activating group) is 1. The summed E-state index contributed by atoms with van der Waals surface area (Å²) in [6.45, 7) is 3.94. The van der Waals surface area contributed by atoms with E-state index in [1.165, 1.54) is 4.90 Å². The van der Waals surface area contributed by atoms with E-state index in [0.717, 1.165) is 10.8 Å². The highest BCUT2D eigenvalue weighted by molar-refractivity contribution is 6.35. The lowest BCUT2D eigenvalue weighted by Gasteiger charge is -2.29. The number of nitrogens with zero attached hydrogens (tertiary/aromatic N) is 1. The van der Waals surface area contributed by atoms with Crippen molar-refractivity contribution < 1.29 is 14.3 Å². The van der Waals surface area contributed by atoms with Crippen LogP contribution in [0.3, 0.4) is 0 Å². The molecule has 0 spiro atoms. The quantitative estimate of drug-likeness (QED) is 0.511. The summed E-state index contributed by atoms with van der Waals surface area (Å²) in [6, 6.07) is 17.8. The van der Waals surface area contributed by atoms with Gasteiger partial charge in [-0.05, 0) is 43.0 Å². The summed E-state index contributed by atoms with van der Waals surface area (Å²) in [5.41, 5.74) is 0.695. The molecule has 1 N–H and O–H groups in total. The third-order valence-corrected chi connectivity index (χ3v) is 5.56. The molecule has 0 fully saturated rings. The van der Waals surface area contributed by atoms with Crippen LogP contribution in [0.1, 0.15) is 19.4 Å². The zero-order valence-electron chi connectivity index (χ0n) is 17.4. The molecule has 0 heterocycles. The van der Waals surface area contributed by atoms with Crippen molar-refractivity contribution in [1.29, 1.82) is 0 Å². The van der Waals surface area contributed by atoms with E-state index in [1.54, 1.807) is 25.1 Å². The van der Waals surface area contributed by atoms with Crippen LogP contribution in [0, 0.1) is 0 Å². The molecule has 0 radical (unpaired) electrons. The van der Waals surface area contributed by atoms with Gasteiger partial charge in [-0.1, -0.05) is 65.7 Å². The van der Waals surface area contributed by atoms with Gasteiger partial charge in [0.05, 0.1) is 0 Å². The zero-order chi connectivity index (χ0) is 22.4. The molecule has 2 amide bonds. The SMILES string of the molecule is CCNC(=O)[C@@H](C)N(Cc1ccc(Cl)cc1Cl)C(=O)COc1cccc2ccccc12. The number of amides is 2. The van der Waals surface area contributed by atoms with Crippen molar-refractivity contribution in [1.82, 2.24) is 10.2 Å². The van der Waals surface area contributed by atoms with E-state index in [9.17, 15) is 9.59 Å². The maximum Gasteiger partial charge on any atom is 0.261 e. The average molecular weight is 459 g/mol. The maximum absolute atomic E-state index is 13.1. The van der Waals surface area contributed by atoms with Gasteiger partial charge in [0.25, 0.3) is 5.91 Å². The smallest absolute Gasteiger partial charge is 0.261 e. The highest BCUT2D eigenvalue weighted by atomic mass is 35.5. The van der Waals surface area contributed by atoms with Crippen molar-refractivity contribution in [3.8, 4) is 5.75 Å². The Hall–Kier alpha value is -2.76. The molecule has 0 aliphatic heterocycles. The van der Waals surface area contributed by atoms with Crippen molar-refractivity contribution in [2.24, 2.45) is 0 Å². The van der Waals surface area contributed by atoms with Crippen LogP contribution in [0.15, 0.2) is 60.7 Å². The Labute approximate surface area is 191 Å². The molecule has 0 bridgehead atoms. The Bertz CT molecular complexity index is 1080. The molecule has 0 saturated heterocycles. The van der Waals surface area contributed by atoms with Crippen LogP contribution in [0.25, 0.3) is 10.8 Å². The third kappa shape index (κ3) is 5.69. The number of ether oxygens (including phenoxy) is 1. The van der Waals surface area contributed by atoms with Gasteiger partial charge in [-0.3, -0.25) is 9.59 Å². The predicted octanol–water partition coefficient (Wildman–Crippen LogP) is 5.08. The lowest BCUT2D eigenvalue weighted by Crippen LogP contribution is -2.49. The van der Waals surface area contributed by atoms with Gasteiger partial charge in [0, 0.05) is 28.5 Å². The number of fused-ring (bicyclic) bond motifs is 1. The Morgan fingerprint density at radius 3 is 2.55 bits per heavy atom. The lowest BCUT2D eigenvalue weighted by atomic mass is 10.1. The van der Waals surface area contributed by atoms with Crippen LogP contribution < -0.4 is 10.1 Å². The lowest BCUT2D eigenvalue weighted by molar-refractivity contribution is -0.142. The number of nitrogens with one attached hydrogen (secondary N) is 1. The molecule has 5 nitrogen and oxygen atoms in total. The minimum Gasteiger partial charge on any atom is -0.483 e. The second-order valence-electron chi connectivity index (χ2n) is 7.09. The molecule has 0 aliphatic rings. The van der Waals surface area contributed by atoms with E-state index in [1.807, 2.05) is 49.4 Å². The summed E-state index contributed by atoms with van der Waals surface area (Å²) in [5.74, 6) is 0.0467. The second-order valence-corrected chi connectivity index (χ2v) is 7.94. The van der Waals surface area contributed by atoms with E-state index in [4.69, 9.17) is 27.9 Å². The monoisotopic (exact) mass is 458 g/mol. The molecule has 31 heavy (non-hydrogen) atoms. The van der Waals surface area contributed by atoms with Crippen LogP contribution >= 0.6 is 23.2 Å². The maximum atomic E-state index is 13.1. The van der Waals surface area contributed by atoms with Gasteiger partial charge in [0.2, 0.25) is 5.91 Å². The molecule has 0 aliphatic carbocycles. The zero-order valence-corrected chi connectivity index (χ0v) is 18.9. The Kier molecular flexibility index (Phi) is 7.77. The molecule has 162 valence electrons. The van der Waals surface area contributed by atoms with Crippen LogP contribution in [0.4, 0.5) is 0 Å². The van der Waals surface area contributed by atoms with E-state index in [-0.39, 0.29) is 25.0 Å². The van der Waals surface area contributed by atoms with Crippen LogP contribution in [0.2, 0.25) is 10.0 Å². The van der Waals surface area contributed by atoms with E-state index < -0.39 is 6.04 Å². The van der Waals surface area contributed by atoms with Gasteiger partial charge in [-0.2, -0.15) is 0 Å². The second kappa shape index (κ2) is 10.5. The Morgan fingerprint density at radius 1 is 1.06 bits per heavy atom. The number of halogens is 2. The molecular weight excluding hydrogens is 435 g/mol. The van der Waals surface area contributed by atoms with Crippen LogP contribution in [-0.4, -0.2) is 35.9 Å². The first-order valence-electron chi connectivity index (χ1n) is 10.0. The van der Waals surface area contributed by atoms with E-state index in [2.05, 4.69) is 5.32 Å². The topological polar surface area (TPSA) is 58.6 Å². The minimum atomic E-state index is -0.699. The van der Waals surface area contributed by atoms with Crippen molar-refractivity contribution in [3.63, 3.8) is 0 Å². The van der Waals surface area contributed by atoms with Crippen molar-refractivity contribution in [2.75, 3.05) is 13.2 Å². The molecule has 7 heteroatoms. The average Bonchev–Trinajstić information content (AvgIpc) is 2.76. The van der Waals surface area contributed by atoms with Gasteiger partial charge < -0.3 is 15.0 Å². The number of hydrogen-bond donors (Lipinski definition) is 1. The molecule has 0 saturated carbocycles. The summed E-state index contributed by atoms with van der Waals surface area (Å²) in [4.78, 5) is 27.1. The summed E-state index contributed by atoms with van der Waals surface area (Å²) in [7, 11) is 0. The highest BCUT2D eigenvalue weighted by Gasteiger charge is 2.27. The number of benzene rings is 3. The fourth-order valence-corrected chi connectivity index (χ4v) is 3.75. The van der Waals surface area contributed by atoms with Gasteiger partial charge in [0.15, 0.2) is 6.61 Å². The summed E-state index contributed by atoms with van der Waals surface area (Å²) in [6.07, 6.45) is 0. The van der Waals surface area contributed by atoms with Crippen molar-refractivity contribution in [3.05, 3.63) is 76.3 Å². The normalized spacial score (nSPS) is 11.7. The van der Waals surface area contributed by atoms with Crippen molar-refractivity contribution in [2.45, 2.75) is 26.4 Å². The van der Waals surface area contributed by atoms with Gasteiger partial charge in [-0.15, -0.1) is 0 Å². The van der Waals surface area contributed by atoms with Crippen LogP contribution in [0.5, 0.6) is 5.75 Å². The molecule has 3 aromatic rings. The molecule has 0 unspecified atom stereocenters. The Balaban J connectivity index is 1.81. The van der Waals surface area contributed by atoms with Gasteiger partial charge in [0.1, 0.15) is 11.8 Å². The van der Waals surface area contributed by atoms with E-state index >= 15 is 0 Å². The standard InChI is InChI=1S/C24H24Cl2N2O3/c1-3-27-24(30)16(2)28(14-18-11-12-19(25)13-21(18)26)23(29)15-31-22-10-6-8-17-7-4-5-9-20(17)22/h4-13,16H,3,14-15H2,1-2H3,(H,27,30)/t16-/m1/s1. The third-order valence-electron chi connectivity index (χ3n) is 4.97. The number of hydrogen-bond acceptors (Lipinski definition) is 3. The van der Waals surface area contributed by atoms with Gasteiger partial charge in [-0.25, -0.2) is 0 Å². The minimum absolute atomic E-state index is 0.159. The highest BCUT2D eigenvalue weighted by Crippen LogP contribution is 2.26. The summed E-state index contributed by atoms with van der Waals surface area (Å²) in [5, 5.41) is 5.64. The largest absolute Gasteiger partial charge is 0.483 e. The van der Waals surface area contributed by atoms with Crippen molar-refractivity contribution >= 4 is 45.8 Å². The fraction of sp³-hybridized carbons (Fsp3) is 0.250. The molecule has 3 aromatic carbocycles. The molecule has 1 atom stereocenters. The van der Waals surface area contributed by atoms with Crippen LogP contribution in [-0.2, 0) is 16.1 Å². The Morgan fingerprint density at radius 2 is 1.81 bits per heavy atom. The van der Waals surface area contributed by atoms with E-state index in [0.29, 0.717) is 27.9 Å². The first-order valence-corrected chi connectivity index (χ1v) is 10.8.